The minimum Gasteiger partial charge on any atom is -0.487 e. The zero-order valence-corrected chi connectivity index (χ0v) is 18.2. The van der Waals surface area contributed by atoms with E-state index in [-0.39, 0.29) is 17.4 Å². The van der Waals surface area contributed by atoms with Gasteiger partial charge in [0.15, 0.2) is 5.13 Å². The summed E-state index contributed by atoms with van der Waals surface area (Å²) in [4.78, 5) is 19.5. The molecule has 0 saturated carbocycles. The lowest BCUT2D eigenvalue weighted by Crippen LogP contribution is -2.38. The van der Waals surface area contributed by atoms with E-state index in [2.05, 4.69) is 52.3 Å². The Morgan fingerprint density at radius 3 is 3.03 bits per heavy atom. The number of aryl methyl sites for hydroxylation is 1. The van der Waals surface area contributed by atoms with Gasteiger partial charge < -0.3 is 10.1 Å². The summed E-state index contributed by atoms with van der Waals surface area (Å²) in [6.45, 7) is 6.42. The average molecular weight is 424 g/mol. The highest BCUT2D eigenvalue weighted by Crippen LogP contribution is 2.36. The number of anilines is 1. The number of hydrogen-bond donors (Lipinski definition) is 1. The van der Waals surface area contributed by atoms with Crippen LogP contribution in [-0.2, 0) is 31.4 Å². The Hall–Kier alpha value is -2.71. The van der Waals surface area contributed by atoms with Gasteiger partial charge >= 0.3 is 0 Å². The quantitative estimate of drug-likeness (QED) is 0.697. The van der Waals surface area contributed by atoms with Crippen LogP contribution in [-0.4, -0.2) is 37.7 Å². The Kier molecular flexibility index (Phi) is 4.63. The van der Waals surface area contributed by atoms with Crippen LogP contribution in [0.5, 0.6) is 5.75 Å². The van der Waals surface area contributed by atoms with E-state index in [0.717, 1.165) is 36.5 Å². The maximum absolute atomic E-state index is 13.0. The minimum absolute atomic E-state index is 0.0568. The van der Waals surface area contributed by atoms with Crippen molar-refractivity contribution >= 4 is 22.4 Å². The molecule has 3 aromatic rings. The number of nitrogens with zero attached hydrogens (tertiary/aromatic N) is 4. The van der Waals surface area contributed by atoms with Crippen molar-refractivity contribution in [2.45, 2.75) is 44.9 Å². The summed E-state index contributed by atoms with van der Waals surface area (Å²) in [7, 11) is 1.90. The van der Waals surface area contributed by atoms with Gasteiger partial charge in [0.2, 0.25) is 5.91 Å². The van der Waals surface area contributed by atoms with Crippen LogP contribution in [0.3, 0.4) is 0 Å². The summed E-state index contributed by atoms with van der Waals surface area (Å²) in [6, 6.07) is 6.45. The summed E-state index contributed by atoms with van der Waals surface area (Å²) < 4.78 is 7.80. The molecule has 0 aliphatic carbocycles. The molecule has 7 nitrogen and oxygen atoms in total. The monoisotopic (exact) mass is 423 g/mol. The fourth-order valence-corrected chi connectivity index (χ4v) is 4.98. The first-order chi connectivity index (χ1) is 14.4. The maximum atomic E-state index is 13.0. The van der Waals surface area contributed by atoms with E-state index in [9.17, 15) is 4.79 Å². The van der Waals surface area contributed by atoms with E-state index < -0.39 is 0 Å². The molecule has 0 saturated heterocycles. The molecule has 0 spiro atoms. The molecule has 1 N–H and O–H groups in total. The lowest BCUT2D eigenvalue weighted by Gasteiger charge is -2.31. The molecule has 1 amide bonds. The third kappa shape index (κ3) is 3.73. The van der Waals surface area contributed by atoms with Gasteiger partial charge in [-0.2, -0.15) is 5.10 Å². The first kappa shape index (κ1) is 19.3. The van der Waals surface area contributed by atoms with Gasteiger partial charge in [-0.15, -0.1) is 11.3 Å². The van der Waals surface area contributed by atoms with Gasteiger partial charge in [0.05, 0.1) is 11.6 Å². The third-order valence-electron chi connectivity index (χ3n) is 5.61. The van der Waals surface area contributed by atoms with Crippen molar-refractivity contribution in [3.8, 4) is 5.75 Å². The number of thiazole rings is 1. The van der Waals surface area contributed by atoms with Gasteiger partial charge in [0.25, 0.3) is 0 Å². The number of benzene rings is 1. The van der Waals surface area contributed by atoms with Gasteiger partial charge in [0, 0.05) is 56.4 Å². The molecule has 0 bridgehead atoms. The number of ether oxygens (including phenoxy) is 1. The second-order valence-electron chi connectivity index (χ2n) is 8.74. The highest BCUT2D eigenvalue weighted by atomic mass is 32.1. The summed E-state index contributed by atoms with van der Waals surface area (Å²) in [6.07, 6.45) is 4.63. The molecule has 30 heavy (non-hydrogen) atoms. The predicted molar refractivity (Wildman–Crippen MR) is 116 cm³/mol. The van der Waals surface area contributed by atoms with Gasteiger partial charge in [-0.25, -0.2) is 4.98 Å². The van der Waals surface area contributed by atoms with Crippen LogP contribution in [0.4, 0.5) is 5.13 Å². The number of nitrogens with one attached hydrogen (secondary N) is 1. The molecular weight excluding hydrogens is 398 g/mol. The average Bonchev–Trinajstić information content (AvgIpc) is 3.37. The van der Waals surface area contributed by atoms with Crippen LogP contribution < -0.4 is 10.1 Å². The second kappa shape index (κ2) is 7.21. The van der Waals surface area contributed by atoms with Crippen LogP contribution in [0, 0.1) is 0 Å². The zero-order valence-electron chi connectivity index (χ0n) is 17.4. The highest BCUT2D eigenvalue weighted by molar-refractivity contribution is 7.13. The van der Waals surface area contributed by atoms with E-state index in [1.54, 1.807) is 10.9 Å². The van der Waals surface area contributed by atoms with Crippen molar-refractivity contribution in [3.05, 3.63) is 58.4 Å². The van der Waals surface area contributed by atoms with Crippen LogP contribution in [0.25, 0.3) is 0 Å². The van der Waals surface area contributed by atoms with Gasteiger partial charge in [0.1, 0.15) is 11.4 Å². The Morgan fingerprint density at radius 1 is 1.37 bits per heavy atom. The van der Waals surface area contributed by atoms with E-state index >= 15 is 0 Å². The summed E-state index contributed by atoms with van der Waals surface area (Å²) >= 11 is 1.42. The van der Waals surface area contributed by atoms with E-state index in [0.29, 0.717) is 11.7 Å². The standard InChI is InChI=1S/C22H25N5O2S/c1-22(2)9-15-8-14(4-5-18(15)29-22)10-27-12-16-11-26(3)25-19(16)17(13-27)20(28)24-21-23-6-7-30-21/h4-8,11,17H,9-10,12-13H2,1-3H3,(H,23,24,28)/t17-/m1/s1. The number of carbonyl (C=O) groups excluding carboxylic acids is 1. The number of fused-ring (bicyclic) bond motifs is 2. The molecule has 0 fully saturated rings. The molecule has 0 unspecified atom stereocenters. The first-order valence-electron chi connectivity index (χ1n) is 10.1. The Morgan fingerprint density at radius 2 is 2.23 bits per heavy atom. The minimum atomic E-state index is -0.324. The topological polar surface area (TPSA) is 72.3 Å². The molecular formula is C22H25N5O2S. The molecule has 1 atom stereocenters. The smallest absolute Gasteiger partial charge is 0.236 e. The number of carbonyl (C=O) groups is 1. The van der Waals surface area contributed by atoms with Crippen LogP contribution in [0.1, 0.15) is 42.1 Å². The van der Waals surface area contributed by atoms with Crippen LogP contribution in [0.2, 0.25) is 0 Å². The molecule has 8 heteroatoms. The van der Waals surface area contributed by atoms with E-state index in [1.807, 2.05) is 18.6 Å². The first-order valence-corrected chi connectivity index (χ1v) is 11.0. The van der Waals surface area contributed by atoms with Crippen molar-refractivity contribution in [3.63, 3.8) is 0 Å². The number of hydrogen-bond acceptors (Lipinski definition) is 6. The summed E-state index contributed by atoms with van der Waals surface area (Å²) in [5, 5.41) is 10.0. The number of aromatic nitrogens is 3. The zero-order chi connectivity index (χ0) is 20.9. The normalized spacial score (nSPS) is 19.8. The fraction of sp³-hybridized carbons (Fsp3) is 0.409. The molecule has 2 aliphatic heterocycles. The molecule has 1 aromatic carbocycles. The van der Waals surface area contributed by atoms with E-state index in [1.165, 1.54) is 22.5 Å². The summed E-state index contributed by atoms with van der Waals surface area (Å²) in [5.41, 5.74) is 4.33. The Labute approximate surface area is 179 Å². The van der Waals surface area contributed by atoms with Crippen molar-refractivity contribution in [2.24, 2.45) is 7.05 Å². The van der Waals surface area contributed by atoms with Gasteiger partial charge in [-0.1, -0.05) is 12.1 Å². The van der Waals surface area contributed by atoms with Crippen molar-refractivity contribution in [2.75, 3.05) is 11.9 Å². The van der Waals surface area contributed by atoms with Gasteiger partial charge in [-0.3, -0.25) is 14.4 Å². The Bertz CT molecular complexity index is 1090. The molecule has 156 valence electrons. The lowest BCUT2D eigenvalue weighted by atomic mass is 9.95. The molecule has 2 aromatic heterocycles. The summed E-state index contributed by atoms with van der Waals surface area (Å²) in [5.74, 6) is 0.604. The molecule has 4 heterocycles. The van der Waals surface area contributed by atoms with Crippen molar-refractivity contribution in [1.82, 2.24) is 19.7 Å². The van der Waals surface area contributed by atoms with Crippen LogP contribution >= 0.6 is 11.3 Å². The maximum Gasteiger partial charge on any atom is 0.236 e. The fourth-order valence-electron chi connectivity index (χ4n) is 4.44. The highest BCUT2D eigenvalue weighted by Gasteiger charge is 2.34. The van der Waals surface area contributed by atoms with E-state index in [4.69, 9.17) is 4.74 Å². The SMILES string of the molecule is Cn1cc2c(n1)[C@H](C(=O)Nc1nccs1)CN(Cc1ccc3c(c1)CC(C)(C)O3)C2. The lowest BCUT2D eigenvalue weighted by molar-refractivity contribution is -0.118. The van der Waals surface area contributed by atoms with Gasteiger partial charge in [-0.05, 0) is 31.0 Å². The molecule has 2 aliphatic rings. The second-order valence-corrected chi connectivity index (χ2v) is 9.64. The third-order valence-corrected chi connectivity index (χ3v) is 6.30. The molecule has 5 rings (SSSR count). The van der Waals surface area contributed by atoms with Crippen molar-refractivity contribution < 1.29 is 9.53 Å². The predicted octanol–water partition coefficient (Wildman–Crippen LogP) is 3.33. The largest absolute Gasteiger partial charge is 0.487 e. The van der Waals surface area contributed by atoms with Crippen molar-refractivity contribution in [1.29, 1.82) is 0 Å². The number of rotatable bonds is 4. The molecule has 0 radical (unpaired) electrons. The number of amides is 1. The van der Waals surface area contributed by atoms with Crippen LogP contribution in [0.15, 0.2) is 36.0 Å². The Balaban J connectivity index is 1.36.